The van der Waals surface area contributed by atoms with Crippen molar-refractivity contribution in [1.82, 2.24) is 9.88 Å². The largest absolute Gasteiger partial charge is 0.478 e. The van der Waals surface area contributed by atoms with Crippen molar-refractivity contribution in [2.45, 2.75) is 12.5 Å². The highest BCUT2D eigenvalue weighted by Crippen LogP contribution is 2.23. The van der Waals surface area contributed by atoms with Gasteiger partial charge in [0.1, 0.15) is 0 Å². The average Bonchev–Trinajstić information content (AvgIpc) is 2.90. The van der Waals surface area contributed by atoms with Gasteiger partial charge in [0.15, 0.2) is 0 Å². The molecule has 96 valence electrons. The van der Waals surface area contributed by atoms with E-state index in [1.54, 1.807) is 11.9 Å². The highest BCUT2D eigenvalue weighted by atomic mass is 32.2. The Bertz CT molecular complexity index is 472. The molecule has 1 fully saturated rings. The van der Waals surface area contributed by atoms with Crippen molar-refractivity contribution < 1.29 is 14.7 Å². The Morgan fingerprint density at radius 3 is 2.89 bits per heavy atom. The minimum atomic E-state index is -1.12. The van der Waals surface area contributed by atoms with Crippen LogP contribution in [0.5, 0.6) is 0 Å². The highest BCUT2D eigenvalue weighted by Gasteiger charge is 2.27. The van der Waals surface area contributed by atoms with Crippen LogP contribution in [0.3, 0.4) is 0 Å². The summed E-state index contributed by atoms with van der Waals surface area (Å²) in [5.41, 5.74) is 0.164. The lowest BCUT2D eigenvalue weighted by Crippen LogP contribution is -2.37. The van der Waals surface area contributed by atoms with Crippen molar-refractivity contribution in [3.05, 3.63) is 29.6 Å². The van der Waals surface area contributed by atoms with Crippen LogP contribution in [0.25, 0.3) is 0 Å². The first-order chi connectivity index (χ1) is 8.61. The second-order valence-corrected chi connectivity index (χ2v) is 5.31. The van der Waals surface area contributed by atoms with E-state index in [2.05, 4.69) is 4.98 Å². The van der Waals surface area contributed by atoms with Gasteiger partial charge in [0, 0.05) is 31.2 Å². The number of carbonyl (C=O) groups excluding carboxylic acids is 1. The number of carboxylic acid groups (broad SMARTS) is 1. The van der Waals surface area contributed by atoms with E-state index in [1.807, 2.05) is 11.8 Å². The first-order valence-electron chi connectivity index (χ1n) is 5.63. The number of amides is 1. The lowest BCUT2D eigenvalue weighted by atomic mass is 10.1. The number of carboxylic acids is 1. The zero-order chi connectivity index (χ0) is 13.1. The van der Waals surface area contributed by atoms with Crippen molar-refractivity contribution >= 4 is 23.6 Å². The van der Waals surface area contributed by atoms with E-state index < -0.39 is 5.97 Å². The summed E-state index contributed by atoms with van der Waals surface area (Å²) in [7, 11) is 1.73. The summed E-state index contributed by atoms with van der Waals surface area (Å²) in [6.45, 7) is 0. The van der Waals surface area contributed by atoms with E-state index in [9.17, 15) is 9.59 Å². The number of hydrogen-bond acceptors (Lipinski definition) is 4. The van der Waals surface area contributed by atoms with Gasteiger partial charge >= 0.3 is 5.97 Å². The van der Waals surface area contributed by atoms with Gasteiger partial charge in [0.05, 0.1) is 11.1 Å². The van der Waals surface area contributed by atoms with Crippen molar-refractivity contribution in [3.8, 4) is 0 Å². The van der Waals surface area contributed by atoms with E-state index in [4.69, 9.17) is 5.11 Å². The van der Waals surface area contributed by atoms with Gasteiger partial charge in [0.2, 0.25) is 0 Å². The molecular formula is C12H14N2O3S. The molecule has 0 radical (unpaired) electrons. The van der Waals surface area contributed by atoms with Crippen LogP contribution in [0.2, 0.25) is 0 Å². The Balaban J connectivity index is 2.25. The maximum atomic E-state index is 12.3. The van der Waals surface area contributed by atoms with Crippen LogP contribution in [0.1, 0.15) is 27.1 Å². The Morgan fingerprint density at radius 1 is 1.50 bits per heavy atom. The summed E-state index contributed by atoms with van der Waals surface area (Å²) in [5, 5.41) is 9.05. The standard InChI is InChI=1S/C12H14N2O3S/c1-14(8-3-5-18-7-8)11(15)9-2-4-13-6-10(9)12(16)17/h2,4,6,8H,3,5,7H2,1H3,(H,16,17). The van der Waals surface area contributed by atoms with Gasteiger partial charge in [-0.25, -0.2) is 4.79 Å². The minimum Gasteiger partial charge on any atom is -0.478 e. The monoisotopic (exact) mass is 266 g/mol. The molecule has 1 N–H and O–H groups in total. The fourth-order valence-corrected chi connectivity index (χ4v) is 3.20. The molecule has 18 heavy (non-hydrogen) atoms. The fraction of sp³-hybridized carbons (Fsp3) is 0.417. The fourth-order valence-electron chi connectivity index (χ4n) is 1.93. The normalized spacial score (nSPS) is 18.6. The third kappa shape index (κ3) is 2.48. The molecule has 0 aliphatic carbocycles. The molecule has 2 rings (SSSR count). The van der Waals surface area contributed by atoms with E-state index in [-0.39, 0.29) is 23.1 Å². The third-order valence-corrected chi connectivity index (χ3v) is 4.20. The molecule has 0 bridgehead atoms. The molecule has 0 spiro atoms. The third-order valence-electron chi connectivity index (χ3n) is 3.06. The molecule has 1 aliphatic rings. The van der Waals surface area contributed by atoms with E-state index >= 15 is 0 Å². The Labute approximate surface area is 109 Å². The Kier molecular flexibility index (Phi) is 3.86. The predicted molar refractivity (Wildman–Crippen MR) is 69.0 cm³/mol. The summed E-state index contributed by atoms with van der Waals surface area (Å²) in [6, 6.07) is 1.65. The number of rotatable bonds is 3. The topological polar surface area (TPSA) is 70.5 Å². The maximum absolute atomic E-state index is 12.3. The SMILES string of the molecule is CN(C(=O)c1ccncc1C(=O)O)C1CCSC1. The smallest absolute Gasteiger partial charge is 0.338 e. The van der Waals surface area contributed by atoms with E-state index in [0.29, 0.717) is 0 Å². The van der Waals surface area contributed by atoms with Crippen LogP contribution < -0.4 is 0 Å². The molecule has 1 aromatic rings. The molecule has 1 amide bonds. The van der Waals surface area contributed by atoms with Crippen LogP contribution >= 0.6 is 11.8 Å². The van der Waals surface area contributed by atoms with Crippen LogP contribution in [-0.4, -0.2) is 51.5 Å². The van der Waals surface area contributed by atoms with Crippen LogP contribution in [-0.2, 0) is 0 Å². The number of carbonyl (C=O) groups is 2. The Hall–Kier alpha value is -1.56. The molecule has 0 aromatic carbocycles. The van der Waals surface area contributed by atoms with Crippen LogP contribution in [0.4, 0.5) is 0 Å². The highest BCUT2D eigenvalue weighted by molar-refractivity contribution is 7.99. The Morgan fingerprint density at radius 2 is 2.28 bits per heavy atom. The number of aromatic nitrogens is 1. The molecular weight excluding hydrogens is 252 g/mol. The van der Waals surface area contributed by atoms with Gasteiger partial charge in [-0.05, 0) is 18.2 Å². The van der Waals surface area contributed by atoms with Crippen molar-refractivity contribution in [2.24, 2.45) is 0 Å². The van der Waals surface area contributed by atoms with Crippen LogP contribution in [0, 0.1) is 0 Å². The van der Waals surface area contributed by atoms with Crippen molar-refractivity contribution in [3.63, 3.8) is 0 Å². The second kappa shape index (κ2) is 5.39. The number of nitrogens with zero attached hydrogens (tertiary/aromatic N) is 2. The first-order valence-corrected chi connectivity index (χ1v) is 6.79. The number of aromatic carboxylic acids is 1. The van der Waals surface area contributed by atoms with Gasteiger partial charge in [0.25, 0.3) is 5.91 Å². The van der Waals surface area contributed by atoms with Crippen LogP contribution in [0.15, 0.2) is 18.5 Å². The van der Waals surface area contributed by atoms with Crippen molar-refractivity contribution in [1.29, 1.82) is 0 Å². The zero-order valence-corrected chi connectivity index (χ0v) is 10.8. The summed E-state index contributed by atoms with van der Waals surface area (Å²) >= 11 is 1.81. The first kappa shape index (κ1) is 12.9. The molecule has 1 aromatic heterocycles. The summed E-state index contributed by atoms with van der Waals surface area (Å²) in [6.07, 6.45) is 3.62. The quantitative estimate of drug-likeness (QED) is 0.894. The molecule has 1 aliphatic heterocycles. The van der Waals surface area contributed by atoms with Gasteiger partial charge < -0.3 is 10.0 Å². The number of thioether (sulfide) groups is 1. The molecule has 2 heterocycles. The van der Waals surface area contributed by atoms with E-state index in [0.717, 1.165) is 17.9 Å². The van der Waals surface area contributed by atoms with Gasteiger partial charge in [-0.2, -0.15) is 11.8 Å². The van der Waals surface area contributed by atoms with Crippen molar-refractivity contribution in [2.75, 3.05) is 18.6 Å². The molecule has 1 atom stereocenters. The summed E-state index contributed by atoms with van der Waals surface area (Å²) in [4.78, 5) is 28.7. The van der Waals surface area contributed by atoms with Gasteiger partial charge in [-0.1, -0.05) is 0 Å². The average molecular weight is 266 g/mol. The lowest BCUT2D eigenvalue weighted by Gasteiger charge is -2.24. The molecule has 0 saturated carbocycles. The second-order valence-electron chi connectivity index (χ2n) is 4.16. The molecule has 6 heteroatoms. The zero-order valence-electron chi connectivity index (χ0n) is 10.00. The summed E-state index contributed by atoms with van der Waals surface area (Å²) < 4.78 is 0. The predicted octanol–water partition coefficient (Wildman–Crippen LogP) is 1.36. The molecule has 5 nitrogen and oxygen atoms in total. The summed E-state index contributed by atoms with van der Waals surface area (Å²) in [5.74, 6) is 0.586. The van der Waals surface area contributed by atoms with Gasteiger partial charge in [-0.15, -0.1) is 0 Å². The molecule has 1 saturated heterocycles. The maximum Gasteiger partial charge on any atom is 0.338 e. The van der Waals surface area contributed by atoms with E-state index in [1.165, 1.54) is 18.5 Å². The number of pyridine rings is 1. The lowest BCUT2D eigenvalue weighted by molar-refractivity contribution is 0.0672. The van der Waals surface area contributed by atoms with Gasteiger partial charge in [-0.3, -0.25) is 9.78 Å². The minimum absolute atomic E-state index is 0.0417. The molecule has 1 unspecified atom stereocenters. The number of hydrogen-bond donors (Lipinski definition) is 1.